The highest BCUT2D eigenvalue weighted by Crippen LogP contribution is 2.31. The number of anilines is 1. The van der Waals surface area contributed by atoms with E-state index in [0.717, 1.165) is 25.0 Å². The van der Waals surface area contributed by atoms with Gasteiger partial charge in [0, 0.05) is 12.2 Å². The van der Waals surface area contributed by atoms with E-state index in [1.807, 2.05) is 6.92 Å². The molecule has 1 aliphatic rings. The zero-order chi connectivity index (χ0) is 13.2. The van der Waals surface area contributed by atoms with E-state index in [1.165, 1.54) is 19.0 Å². The van der Waals surface area contributed by atoms with Crippen molar-refractivity contribution in [1.29, 1.82) is 0 Å². The lowest BCUT2D eigenvalue weighted by Crippen LogP contribution is -2.24. The first kappa shape index (κ1) is 13.2. The fourth-order valence-corrected chi connectivity index (χ4v) is 2.49. The Morgan fingerprint density at radius 3 is 2.61 bits per heavy atom. The number of nitrogens with one attached hydrogen (secondary N) is 1. The van der Waals surface area contributed by atoms with Crippen LogP contribution in [0.3, 0.4) is 0 Å². The number of alkyl halides is 3. The summed E-state index contributed by atoms with van der Waals surface area (Å²) in [4.78, 5) is 3.95. The molecule has 1 heterocycles. The Bertz CT molecular complexity index is 397. The molecule has 1 fully saturated rings. The fourth-order valence-electron chi connectivity index (χ4n) is 2.49. The molecule has 0 saturated heterocycles. The number of hydrogen-bond donors (Lipinski definition) is 1. The molecule has 1 atom stereocenters. The van der Waals surface area contributed by atoms with Gasteiger partial charge in [0.05, 0.1) is 5.56 Å². The molecule has 100 valence electrons. The predicted molar refractivity (Wildman–Crippen MR) is 64.3 cm³/mol. The zero-order valence-corrected chi connectivity index (χ0v) is 10.3. The predicted octanol–water partition coefficient (Wildman–Crippen LogP) is 4.09. The van der Waals surface area contributed by atoms with Crippen LogP contribution >= 0.6 is 0 Å². The molecule has 0 amide bonds. The maximum absolute atomic E-state index is 12.6. The van der Waals surface area contributed by atoms with Gasteiger partial charge in [-0.1, -0.05) is 12.8 Å². The lowest BCUT2D eigenvalue weighted by molar-refractivity contribution is -0.137. The molecule has 1 unspecified atom stereocenters. The third-order valence-electron chi connectivity index (χ3n) is 3.57. The molecule has 1 aromatic heterocycles. The number of hydrogen-bond acceptors (Lipinski definition) is 2. The molecule has 0 spiro atoms. The lowest BCUT2D eigenvalue weighted by Gasteiger charge is -2.21. The van der Waals surface area contributed by atoms with Crippen molar-refractivity contribution in [2.75, 3.05) is 5.32 Å². The summed E-state index contributed by atoms with van der Waals surface area (Å²) in [5.74, 6) is 0.852. The fraction of sp³-hybridized carbons (Fsp3) is 0.615. The minimum atomic E-state index is -4.31. The van der Waals surface area contributed by atoms with Crippen molar-refractivity contribution in [3.8, 4) is 0 Å². The summed E-state index contributed by atoms with van der Waals surface area (Å²) >= 11 is 0. The molecule has 2 nitrogen and oxygen atoms in total. The molecule has 0 bridgehead atoms. The zero-order valence-electron chi connectivity index (χ0n) is 10.3. The molecule has 0 radical (unpaired) electrons. The second kappa shape index (κ2) is 5.16. The average molecular weight is 258 g/mol. The van der Waals surface area contributed by atoms with E-state index >= 15 is 0 Å². The van der Waals surface area contributed by atoms with Crippen LogP contribution < -0.4 is 5.32 Å². The Kier molecular flexibility index (Phi) is 3.78. The van der Waals surface area contributed by atoms with E-state index in [2.05, 4.69) is 10.3 Å². The first-order chi connectivity index (χ1) is 8.47. The van der Waals surface area contributed by atoms with Gasteiger partial charge in [-0.3, -0.25) is 0 Å². The first-order valence-corrected chi connectivity index (χ1v) is 6.26. The summed E-state index contributed by atoms with van der Waals surface area (Å²) in [5, 5.41) is 3.09. The monoisotopic (exact) mass is 258 g/mol. The molecule has 1 saturated carbocycles. The standard InChI is InChI=1S/C13H17F3N2/c1-9(10-4-2-3-5-10)18-12-8-11(6-7-17-12)13(14,15)16/h6-10H,2-5H2,1H3,(H,17,18). The van der Waals surface area contributed by atoms with Gasteiger partial charge in [0.15, 0.2) is 0 Å². The lowest BCUT2D eigenvalue weighted by atomic mass is 10.00. The van der Waals surface area contributed by atoms with E-state index in [4.69, 9.17) is 0 Å². The molecule has 0 aliphatic heterocycles. The van der Waals surface area contributed by atoms with Crippen LogP contribution in [0.5, 0.6) is 0 Å². The maximum atomic E-state index is 12.6. The molecular weight excluding hydrogens is 241 g/mol. The molecule has 1 N–H and O–H groups in total. The second-order valence-corrected chi connectivity index (χ2v) is 4.91. The maximum Gasteiger partial charge on any atom is 0.416 e. The summed E-state index contributed by atoms with van der Waals surface area (Å²) < 4.78 is 37.7. The molecule has 0 aromatic carbocycles. The van der Waals surface area contributed by atoms with E-state index < -0.39 is 11.7 Å². The highest BCUT2D eigenvalue weighted by atomic mass is 19.4. The van der Waals surface area contributed by atoms with Crippen LogP contribution in [0.4, 0.5) is 19.0 Å². The van der Waals surface area contributed by atoms with Crippen LogP contribution in [0.2, 0.25) is 0 Å². The van der Waals surface area contributed by atoms with Crippen molar-refractivity contribution in [3.05, 3.63) is 23.9 Å². The number of aromatic nitrogens is 1. The Morgan fingerprint density at radius 1 is 1.33 bits per heavy atom. The van der Waals surface area contributed by atoms with Gasteiger partial charge >= 0.3 is 6.18 Å². The largest absolute Gasteiger partial charge is 0.416 e. The molecule has 18 heavy (non-hydrogen) atoms. The number of pyridine rings is 1. The molecule has 5 heteroatoms. The number of nitrogens with zero attached hydrogens (tertiary/aromatic N) is 1. The van der Waals surface area contributed by atoms with Crippen LogP contribution in [0, 0.1) is 5.92 Å². The van der Waals surface area contributed by atoms with Crippen LogP contribution in [0.1, 0.15) is 38.2 Å². The van der Waals surface area contributed by atoms with Crippen LogP contribution in [-0.2, 0) is 6.18 Å². The van der Waals surface area contributed by atoms with Gasteiger partial charge < -0.3 is 5.32 Å². The Balaban J connectivity index is 2.04. The van der Waals surface area contributed by atoms with Crippen LogP contribution in [0.25, 0.3) is 0 Å². The minimum absolute atomic E-state index is 0.170. The molecular formula is C13H17F3N2. The van der Waals surface area contributed by atoms with Gasteiger partial charge in [-0.15, -0.1) is 0 Å². The van der Waals surface area contributed by atoms with Crippen molar-refractivity contribution in [2.45, 2.75) is 44.8 Å². The van der Waals surface area contributed by atoms with Crippen molar-refractivity contribution in [3.63, 3.8) is 0 Å². The SMILES string of the molecule is CC(Nc1cc(C(F)(F)F)ccn1)C1CCCC1. The van der Waals surface area contributed by atoms with Gasteiger partial charge in [-0.05, 0) is 37.8 Å². The van der Waals surface area contributed by atoms with Gasteiger partial charge in [0.1, 0.15) is 5.82 Å². The Labute approximate surface area is 105 Å². The summed E-state index contributed by atoms with van der Waals surface area (Å²) in [6.45, 7) is 2.01. The van der Waals surface area contributed by atoms with E-state index in [9.17, 15) is 13.2 Å². The third kappa shape index (κ3) is 3.15. The summed E-state index contributed by atoms with van der Waals surface area (Å²) in [6.07, 6.45) is 1.61. The number of rotatable bonds is 3. The van der Waals surface area contributed by atoms with Gasteiger partial charge in [-0.2, -0.15) is 13.2 Å². The van der Waals surface area contributed by atoms with Gasteiger partial charge in [0.2, 0.25) is 0 Å². The summed E-state index contributed by atoms with van der Waals surface area (Å²) in [6, 6.07) is 2.24. The topological polar surface area (TPSA) is 24.9 Å². The van der Waals surface area contributed by atoms with E-state index in [0.29, 0.717) is 11.7 Å². The molecule has 1 aromatic rings. The molecule has 2 rings (SSSR count). The van der Waals surface area contributed by atoms with E-state index in [-0.39, 0.29) is 6.04 Å². The normalized spacial score (nSPS) is 18.9. The summed E-state index contributed by atoms with van der Waals surface area (Å²) in [5.41, 5.74) is -0.654. The van der Waals surface area contributed by atoms with Crippen molar-refractivity contribution in [2.24, 2.45) is 5.92 Å². The minimum Gasteiger partial charge on any atom is -0.367 e. The summed E-state index contributed by atoms with van der Waals surface area (Å²) in [7, 11) is 0. The molecule has 1 aliphatic carbocycles. The quantitative estimate of drug-likeness (QED) is 0.883. The van der Waals surface area contributed by atoms with Crippen molar-refractivity contribution in [1.82, 2.24) is 4.98 Å². The van der Waals surface area contributed by atoms with Gasteiger partial charge in [-0.25, -0.2) is 4.98 Å². The Morgan fingerprint density at radius 2 is 2.00 bits per heavy atom. The average Bonchev–Trinajstić information content (AvgIpc) is 2.81. The number of halogens is 3. The van der Waals surface area contributed by atoms with Crippen LogP contribution in [-0.4, -0.2) is 11.0 Å². The smallest absolute Gasteiger partial charge is 0.367 e. The first-order valence-electron chi connectivity index (χ1n) is 6.26. The van der Waals surface area contributed by atoms with Crippen molar-refractivity contribution < 1.29 is 13.2 Å². The third-order valence-corrected chi connectivity index (χ3v) is 3.57. The van der Waals surface area contributed by atoms with Crippen LogP contribution in [0.15, 0.2) is 18.3 Å². The van der Waals surface area contributed by atoms with E-state index in [1.54, 1.807) is 0 Å². The second-order valence-electron chi connectivity index (χ2n) is 4.91. The van der Waals surface area contributed by atoms with Gasteiger partial charge in [0.25, 0.3) is 0 Å². The highest BCUT2D eigenvalue weighted by molar-refractivity contribution is 5.39. The van der Waals surface area contributed by atoms with Crippen molar-refractivity contribution >= 4 is 5.82 Å². The highest BCUT2D eigenvalue weighted by Gasteiger charge is 2.31. The Hall–Kier alpha value is -1.26.